The van der Waals surface area contributed by atoms with E-state index >= 15 is 0 Å². The van der Waals surface area contributed by atoms with Gasteiger partial charge in [-0.1, -0.05) is 6.92 Å². The smallest absolute Gasteiger partial charge is 0.109 e. The molecule has 5 nitrogen and oxygen atoms in total. The van der Waals surface area contributed by atoms with E-state index in [1.54, 1.807) is 22.2 Å². The van der Waals surface area contributed by atoms with Gasteiger partial charge in [-0.3, -0.25) is 4.68 Å². The topological polar surface area (TPSA) is 63.0 Å². The van der Waals surface area contributed by atoms with E-state index in [2.05, 4.69) is 22.3 Å². The molecule has 0 amide bonds. The first-order valence-electron chi connectivity index (χ1n) is 6.08. The van der Waals surface area contributed by atoms with Crippen molar-refractivity contribution in [2.75, 3.05) is 6.54 Å². The highest BCUT2D eigenvalue weighted by molar-refractivity contribution is 7.09. The number of aromatic nitrogens is 3. The lowest BCUT2D eigenvalue weighted by molar-refractivity contribution is 0.142. The highest BCUT2D eigenvalue weighted by Gasteiger charge is 2.13. The van der Waals surface area contributed by atoms with Crippen LogP contribution in [0.1, 0.15) is 24.4 Å². The number of thiazole rings is 1. The molecule has 0 saturated heterocycles. The number of rotatable bonds is 7. The van der Waals surface area contributed by atoms with Gasteiger partial charge in [-0.25, -0.2) is 4.98 Å². The van der Waals surface area contributed by atoms with Gasteiger partial charge in [-0.2, -0.15) is 5.10 Å². The summed E-state index contributed by atoms with van der Waals surface area (Å²) in [5.74, 6) is 0. The quantitative estimate of drug-likeness (QED) is 0.796. The van der Waals surface area contributed by atoms with Crippen molar-refractivity contribution in [1.29, 1.82) is 0 Å². The summed E-state index contributed by atoms with van der Waals surface area (Å²) >= 11 is 1.64. The molecule has 0 fully saturated rings. The maximum Gasteiger partial charge on any atom is 0.109 e. The molecule has 0 saturated carbocycles. The first-order valence-corrected chi connectivity index (χ1v) is 6.95. The van der Waals surface area contributed by atoms with Crippen LogP contribution in [0.3, 0.4) is 0 Å². The fourth-order valence-electron chi connectivity index (χ4n) is 1.78. The molecule has 2 rings (SSSR count). The van der Waals surface area contributed by atoms with Gasteiger partial charge in [0.15, 0.2) is 0 Å². The second-order valence-electron chi connectivity index (χ2n) is 4.12. The predicted molar refractivity (Wildman–Crippen MR) is 71.4 cm³/mol. The van der Waals surface area contributed by atoms with Gasteiger partial charge in [0.25, 0.3) is 0 Å². The van der Waals surface area contributed by atoms with Crippen molar-refractivity contribution in [2.24, 2.45) is 0 Å². The zero-order valence-electron chi connectivity index (χ0n) is 10.4. The van der Waals surface area contributed by atoms with Gasteiger partial charge in [-0.15, -0.1) is 11.3 Å². The number of nitrogens with one attached hydrogen (secondary N) is 1. The first kappa shape index (κ1) is 13.2. The van der Waals surface area contributed by atoms with Crippen molar-refractivity contribution in [3.63, 3.8) is 0 Å². The standard InChI is InChI=1S/C12H18N4OS/c1-2-11(12-13-5-7-18-12)14-8-10(17)9-16-6-3-4-15-16/h3-7,10-11,14,17H,2,8-9H2,1H3. The summed E-state index contributed by atoms with van der Waals surface area (Å²) in [6.45, 7) is 3.16. The van der Waals surface area contributed by atoms with Crippen LogP contribution < -0.4 is 5.32 Å². The van der Waals surface area contributed by atoms with Crippen LogP contribution in [0.5, 0.6) is 0 Å². The monoisotopic (exact) mass is 266 g/mol. The molecule has 2 unspecified atom stereocenters. The Morgan fingerprint density at radius 1 is 1.50 bits per heavy atom. The first-order chi connectivity index (χ1) is 8.79. The normalized spacial score (nSPS) is 14.6. The van der Waals surface area contributed by atoms with E-state index in [1.807, 2.05) is 23.8 Å². The van der Waals surface area contributed by atoms with Gasteiger partial charge in [0.1, 0.15) is 5.01 Å². The molecule has 98 valence electrons. The predicted octanol–water partition coefficient (Wildman–Crippen LogP) is 1.44. The minimum Gasteiger partial charge on any atom is -0.390 e. The van der Waals surface area contributed by atoms with Gasteiger partial charge in [0, 0.05) is 30.5 Å². The van der Waals surface area contributed by atoms with E-state index in [-0.39, 0.29) is 6.04 Å². The third-order valence-corrected chi connectivity index (χ3v) is 3.60. The molecular weight excluding hydrogens is 248 g/mol. The second-order valence-corrected chi connectivity index (χ2v) is 5.05. The van der Waals surface area contributed by atoms with E-state index in [4.69, 9.17) is 0 Å². The molecule has 0 aliphatic carbocycles. The number of nitrogens with zero attached hydrogens (tertiary/aromatic N) is 3. The Balaban J connectivity index is 1.79. The highest BCUT2D eigenvalue weighted by Crippen LogP contribution is 2.18. The van der Waals surface area contributed by atoms with Crippen LogP contribution >= 0.6 is 11.3 Å². The Morgan fingerprint density at radius 3 is 3.00 bits per heavy atom. The van der Waals surface area contributed by atoms with E-state index < -0.39 is 6.10 Å². The lowest BCUT2D eigenvalue weighted by Gasteiger charge is -2.17. The Kier molecular flexibility index (Phi) is 4.86. The van der Waals surface area contributed by atoms with Gasteiger partial charge < -0.3 is 10.4 Å². The van der Waals surface area contributed by atoms with E-state index in [1.165, 1.54) is 0 Å². The summed E-state index contributed by atoms with van der Waals surface area (Å²) in [6.07, 6.45) is 5.89. The maximum atomic E-state index is 9.92. The molecule has 0 aliphatic rings. The van der Waals surface area contributed by atoms with Crippen molar-refractivity contribution < 1.29 is 5.11 Å². The van der Waals surface area contributed by atoms with Crippen LogP contribution in [0, 0.1) is 0 Å². The molecule has 2 aromatic heterocycles. The SMILES string of the molecule is CCC(NCC(O)Cn1cccn1)c1nccs1. The third-order valence-electron chi connectivity index (χ3n) is 2.71. The molecule has 0 radical (unpaired) electrons. The summed E-state index contributed by atoms with van der Waals surface area (Å²) in [6, 6.07) is 2.07. The largest absolute Gasteiger partial charge is 0.390 e. The van der Waals surface area contributed by atoms with Crippen molar-refractivity contribution >= 4 is 11.3 Å². The minimum atomic E-state index is -0.445. The molecule has 0 bridgehead atoms. The van der Waals surface area contributed by atoms with Crippen LogP contribution in [-0.2, 0) is 6.54 Å². The van der Waals surface area contributed by atoms with Gasteiger partial charge in [0.2, 0.25) is 0 Å². The molecule has 0 aliphatic heterocycles. The summed E-state index contributed by atoms with van der Waals surface area (Å²) in [7, 11) is 0. The van der Waals surface area contributed by atoms with Gasteiger partial charge in [0.05, 0.1) is 18.7 Å². The molecular formula is C12H18N4OS. The number of hydrogen-bond acceptors (Lipinski definition) is 5. The highest BCUT2D eigenvalue weighted by atomic mass is 32.1. The molecule has 18 heavy (non-hydrogen) atoms. The molecule has 0 spiro atoms. The average molecular weight is 266 g/mol. The fraction of sp³-hybridized carbons (Fsp3) is 0.500. The van der Waals surface area contributed by atoms with Crippen LogP contribution in [0.15, 0.2) is 30.0 Å². The van der Waals surface area contributed by atoms with Crippen LogP contribution in [0.4, 0.5) is 0 Å². The Labute approximate surface area is 110 Å². The van der Waals surface area contributed by atoms with Crippen LogP contribution in [-0.4, -0.2) is 32.5 Å². The van der Waals surface area contributed by atoms with Gasteiger partial charge in [-0.05, 0) is 12.5 Å². The maximum absolute atomic E-state index is 9.92. The summed E-state index contributed by atoms with van der Waals surface area (Å²) < 4.78 is 1.73. The summed E-state index contributed by atoms with van der Waals surface area (Å²) in [4.78, 5) is 4.30. The third kappa shape index (κ3) is 3.63. The zero-order chi connectivity index (χ0) is 12.8. The Hall–Kier alpha value is -1.24. The fourth-order valence-corrected chi connectivity index (χ4v) is 2.58. The van der Waals surface area contributed by atoms with E-state index in [0.29, 0.717) is 13.1 Å². The van der Waals surface area contributed by atoms with Crippen molar-refractivity contribution in [2.45, 2.75) is 32.0 Å². The van der Waals surface area contributed by atoms with Crippen LogP contribution in [0.25, 0.3) is 0 Å². The number of aliphatic hydroxyl groups is 1. The zero-order valence-corrected chi connectivity index (χ0v) is 11.2. The molecule has 6 heteroatoms. The minimum absolute atomic E-state index is 0.220. The molecule has 2 N–H and O–H groups in total. The molecule has 0 aromatic carbocycles. The van der Waals surface area contributed by atoms with Crippen molar-refractivity contribution in [1.82, 2.24) is 20.1 Å². The van der Waals surface area contributed by atoms with E-state index in [0.717, 1.165) is 11.4 Å². The molecule has 2 heterocycles. The number of hydrogen-bond donors (Lipinski definition) is 2. The molecule has 2 atom stereocenters. The van der Waals surface area contributed by atoms with Crippen LogP contribution in [0.2, 0.25) is 0 Å². The van der Waals surface area contributed by atoms with Crippen molar-refractivity contribution in [3.8, 4) is 0 Å². The van der Waals surface area contributed by atoms with Gasteiger partial charge >= 0.3 is 0 Å². The number of aliphatic hydroxyl groups excluding tert-OH is 1. The lowest BCUT2D eigenvalue weighted by atomic mass is 10.2. The average Bonchev–Trinajstić information content (AvgIpc) is 3.02. The Morgan fingerprint density at radius 2 is 2.39 bits per heavy atom. The summed E-state index contributed by atoms with van der Waals surface area (Å²) in [5.41, 5.74) is 0. The summed E-state index contributed by atoms with van der Waals surface area (Å²) in [5, 5.41) is 20.4. The molecule has 2 aromatic rings. The second kappa shape index (κ2) is 6.63. The Bertz CT molecular complexity index is 429. The van der Waals surface area contributed by atoms with Crippen molar-refractivity contribution in [3.05, 3.63) is 35.0 Å². The van der Waals surface area contributed by atoms with E-state index in [9.17, 15) is 5.11 Å². The lowest BCUT2D eigenvalue weighted by Crippen LogP contribution is -2.32.